The average Bonchev–Trinajstić information content (AvgIpc) is 3.15. The molecule has 10 heteroatoms. The molecule has 3 N–H and O–H groups in total. The first-order valence-electron chi connectivity index (χ1n) is 21.3. The van der Waals surface area contributed by atoms with Crippen LogP contribution in [0.5, 0.6) is 0 Å². The molecule has 0 radical (unpaired) electrons. The van der Waals surface area contributed by atoms with Crippen molar-refractivity contribution in [3.05, 3.63) is 72.9 Å². The minimum atomic E-state index is -4.79. The summed E-state index contributed by atoms with van der Waals surface area (Å²) in [6.07, 6.45) is 47.9. The van der Waals surface area contributed by atoms with Gasteiger partial charge < -0.3 is 24.4 Å². The van der Waals surface area contributed by atoms with Crippen LogP contribution in [0.1, 0.15) is 174 Å². The zero-order valence-electron chi connectivity index (χ0n) is 34.4. The molecule has 0 aliphatic heterocycles. The molecule has 0 fully saturated rings. The molecule has 0 amide bonds. The monoisotopic (exact) mass is 793 g/mol. The molecule has 0 spiro atoms. The highest BCUT2D eigenvalue weighted by Crippen LogP contribution is 2.36. The predicted octanol–water partition coefficient (Wildman–Crippen LogP) is 12.0. The predicted molar refractivity (Wildman–Crippen MR) is 226 cm³/mol. The number of unbranched alkanes of at least 4 members (excludes halogenated alkanes) is 16. The van der Waals surface area contributed by atoms with Crippen LogP contribution in [0.25, 0.3) is 0 Å². The van der Waals surface area contributed by atoms with E-state index < -0.39 is 38.6 Å². The van der Waals surface area contributed by atoms with E-state index in [2.05, 4.69) is 48.8 Å². The second-order valence-corrected chi connectivity index (χ2v) is 15.4. The maximum absolute atomic E-state index is 12.4. The highest BCUT2D eigenvalue weighted by molar-refractivity contribution is 7.46. The number of aliphatic hydroxyl groups excluding tert-OH is 1. The maximum Gasteiger partial charge on any atom is 0.469 e. The molecule has 0 unspecified atom stereocenters. The molecule has 316 valence electrons. The van der Waals surface area contributed by atoms with Crippen LogP contribution >= 0.6 is 7.82 Å². The van der Waals surface area contributed by atoms with Crippen LogP contribution in [-0.4, -0.2) is 52.3 Å². The number of ether oxygens (including phenoxy) is 2. The van der Waals surface area contributed by atoms with Crippen LogP contribution in [0.3, 0.4) is 0 Å². The third-order valence-corrected chi connectivity index (χ3v) is 9.26. The number of carbonyl (C=O) groups is 2. The lowest BCUT2D eigenvalue weighted by atomic mass is 10.1. The van der Waals surface area contributed by atoms with Crippen molar-refractivity contribution >= 4 is 19.8 Å². The minimum Gasteiger partial charge on any atom is -0.462 e. The van der Waals surface area contributed by atoms with Gasteiger partial charge in [0.05, 0.1) is 12.7 Å². The van der Waals surface area contributed by atoms with E-state index in [0.717, 1.165) is 38.5 Å². The first kappa shape index (κ1) is 52.5. The molecule has 0 rings (SSSR count). The molecular weight excluding hydrogens is 715 g/mol. The summed E-state index contributed by atoms with van der Waals surface area (Å²) in [7, 11) is -4.79. The van der Waals surface area contributed by atoms with Gasteiger partial charge in [0.1, 0.15) is 6.61 Å². The van der Waals surface area contributed by atoms with Gasteiger partial charge in [-0.15, -0.1) is 0 Å². The van der Waals surface area contributed by atoms with Gasteiger partial charge >= 0.3 is 19.8 Å². The Morgan fingerprint density at radius 2 is 1.05 bits per heavy atom. The highest BCUT2D eigenvalue weighted by atomic mass is 31.2. The number of allylic oxidation sites excluding steroid dienone is 10. The van der Waals surface area contributed by atoms with Gasteiger partial charge in [-0.2, -0.15) is 0 Å². The van der Waals surface area contributed by atoms with Gasteiger partial charge in [0.2, 0.25) is 0 Å². The van der Waals surface area contributed by atoms with Gasteiger partial charge in [0, 0.05) is 12.8 Å². The standard InChI is InChI=1S/C45H77O9P/c1-3-5-7-9-11-12-13-14-15-16-17-18-19-20-21-22-26-30-34-38-44(47)52-40-43(41-53-55(49,50)51)54-45(48)39-35-31-27-24-23-25-29-33-37-42(46)36-32-28-10-8-6-4-2/h11-12,14-15,24-25,27-29,32-33,37,42-43,46H,3-10,13,16-23,26,30-31,34-36,38-41H2,1-2H3,(H2,49,50,51)/b12-11-,15-14-,27-24-,29-25-,32-28-,37-33+/t42-,43+/m0/s1. The Labute approximate surface area is 334 Å². The lowest BCUT2D eigenvalue weighted by Gasteiger charge is -2.18. The number of esters is 2. The van der Waals surface area contributed by atoms with Crippen molar-refractivity contribution in [1.29, 1.82) is 0 Å². The molecule has 0 saturated heterocycles. The Kier molecular flexibility index (Phi) is 37.8. The quantitative estimate of drug-likeness (QED) is 0.0183. The summed E-state index contributed by atoms with van der Waals surface area (Å²) in [6.45, 7) is 3.51. The number of phosphoric acid groups is 1. The van der Waals surface area contributed by atoms with Gasteiger partial charge in [0.15, 0.2) is 6.10 Å². The van der Waals surface area contributed by atoms with Crippen molar-refractivity contribution in [1.82, 2.24) is 0 Å². The number of hydrogen-bond acceptors (Lipinski definition) is 7. The molecule has 0 bridgehead atoms. The van der Waals surface area contributed by atoms with E-state index >= 15 is 0 Å². The molecule has 9 nitrogen and oxygen atoms in total. The summed E-state index contributed by atoms with van der Waals surface area (Å²) < 4.78 is 26.3. The lowest BCUT2D eigenvalue weighted by Crippen LogP contribution is -2.29. The summed E-state index contributed by atoms with van der Waals surface area (Å²) in [5.41, 5.74) is 0. The van der Waals surface area contributed by atoms with Gasteiger partial charge in [-0.3, -0.25) is 14.1 Å². The maximum atomic E-state index is 12.4. The van der Waals surface area contributed by atoms with Crippen molar-refractivity contribution in [2.45, 2.75) is 187 Å². The molecule has 2 atom stereocenters. The van der Waals surface area contributed by atoms with Crippen molar-refractivity contribution in [2.75, 3.05) is 13.2 Å². The Morgan fingerprint density at radius 3 is 1.64 bits per heavy atom. The zero-order chi connectivity index (χ0) is 40.5. The first-order chi connectivity index (χ1) is 26.7. The zero-order valence-corrected chi connectivity index (χ0v) is 35.3. The summed E-state index contributed by atoms with van der Waals surface area (Å²) in [6, 6.07) is 0. The van der Waals surface area contributed by atoms with Crippen LogP contribution < -0.4 is 0 Å². The van der Waals surface area contributed by atoms with Crippen LogP contribution in [0.15, 0.2) is 72.9 Å². The summed E-state index contributed by atoms with van der Waals surface area (Å²) in [5.74, 6) is -0.998. The van der Waals surface area contributed by atoms with Crippen LogP contribution in [0.2, 0.25) is 0 Å². The number of carbonyl (C=O) groups excluding carboxylic acids is 2. The van der Waals surface area contributed by atoms with E-state index in [-0.39, 0.29) is 19.4 Å². The smallest absolute Gasteiger partial charge is 0.462 e. The summed E-state index contributed by atoms with van der Waals surface area (Å²) in [4.78, 5) is 42.8. The first-order valence-corrected chi connectivity index (χ1v) is 22.9. The largest absolute Gasteiger partial charge is 0.469 e. The number of hydrogen-bond donors (Lipinski definition) is 3. The molecule has 0 aliphatic rings. The van der Waals surface area contributed by atoms with E-state index in [0.29, 0.717) is 32.1 Å². The fraction of sp³-hybridized carbons (Fsp3) is 0.689. The van der Waals surface area contributed by atoms with Crippen LogP contribution in [0, 0.1) is 0 Å². The number of aliphatic hydroxyl groups is 1. The van der Waals surface area contributed by atoms with Gasteiger partial charge in [0.25, 0.3) is 0 Å². The van der Waals surface area contributed by atoms with Gasteiger partial charge in [-0.25, -0.2) is 4.57 Å². The molecule has 0 aliphatic carbocycles. The average molecular weight is 793 g/mol. The normalized spacial score (nSPS) is 13.8. The second kappa shape index (κ2) is 39.7. The fourth-order valence-corrected chi connectivity index (χ4v) is 5.90. The highest BCUT2D eigenvalue weighted by Gasteiger charge is 2.22. The third kappa shape index (κ3) is 42.4. The van der Waals surface area contributed by atoms with Crippen molar-refractivity contribution in [3.63, 3.8) is 0 Å². The number of rotatable bonds is 38. The van der Waals surface area contributed by atoms with E-state index in [1.54, 1.807) is 6.08 Å². The Bertz CT molecular complexity index is 1140. The van der Waals surface area contributed by atoms with Gasteiger partial charge in [-0.05, 0) is 77.0 Å². The molecule has 0 aromatic heterocycles. The number of phosphoric ester groups is 1. The van der Waals surface area contributed by atoms with Crippen LogP contribution in [0.4, 0.5) is 0 Å². The SMILES string of the molecule is CCCCC/C=C\C/C=C\CCCCCCCCCCCC(=O)OC[C@H](COP(=O)(O)O)OC(=O)CCC/C=C\C/C=C\C=C\[C@@H](O)C/C=C\CCCCC. The van der Waals surface area contributed by atoms with Crippen molar-refractivity contribution in [3.8, 4) is 0 Å². The van der Waals surface area contributed by atoms with E-state index in [1.165, 1.54) is 77.0 Å². The van der Waals surface area contributed by atoms with Crippen LogP contribution in [-0.2, 0) is 28.2 Å². The van der Waals surface area contributed by atoms with Crippen molar-refractivity contribution in [2.24, 2.45) is 0 Å². The summed E-state index contributed by atoms with van der Waals surface area (Å²) in [5, 5.41) is 10.00. The third-order valence-electron chi connectivity index (χ3n) is 8.78. The molecule has 0 heterocycles. The fourth-order valence-electron chi connectivity index (χ4n) is 5.54. The lowest BCUT2D eigenvalue weighted by molar-refractivity contribution is -0.161. The van der Waals surface area contributed by atoms with Gasteiger partial charge in [-0.1, -0.05) is 157 Å². The molecule has 0 aromatic carbocycles. The molecule has 0 aromatic rings. The molecular formula is C45H77O9P. The van der Waals surface area contributed by atoms with E-state index in [9.17, 15) is 19.3 Å². The summed E-state index contributed by atoms with van der Waals surface area (Å²) >= 11 is 0. The molecule has 0 saturated carbocycles. The van der Waals surface area contributed by atoms with E-state index in [4.69, 9.17) is 19.3 Å². The van der Waals surface area contributed by atoms with E-state index in [1.807, 2.05) is 36.5 Å². The Hall–Kier alpha value is -2.55. The second-order valence-electron chi connectivity index (χ2n) is 14.2. The Morgan fingerprint density at radius 1 is 0.564 bits per heavy atom. The Balaban J connectivity index is 4.07. The molecule has 55 heavy (non-hydrogen) atoms. The minimum absolute atomic E-state index is 0.100. The topological polar surface area (TPSA) is 140 Å². The van der Waals surface area contributed by atoms with Crippen molar-refractivity contribution < 1.29 is 43.0 Å².